The van der Waals surface area contributed by atoms with E-state index >= 15 is 0 Å². The van der Waals surface area contributed by atoms with Crippen LogP contribution < -0.4 is 5.32 Å². The molecular formula is C17H29NO3. The number of rotatable bonds is 7. The lowest BCUT2D eigenvalue weighted by atomic mass is 9.77. The van der Waals surface area contributed by atoms with Gasteiger partial charge in [-0.3, -0.25) is 9.59 Å². The summed E-state index contributed by atoms with van der Waals surface area (Å²) < 4.78 is 0. The predicted molar refractivity (Wildman–Crippen MR) is 81.9 cm³/mol. The fourth-order valence-electron chi connectivity index (χ4n) is 3.60. The van der Waals surface area contributed by atoms with Gasteiger partial charge in [0, 0.05) is 12.0 Å². The number of amides is 1. The molecule has 0 bridgehead atoms. The second-order valence-electron chi connectivity index (χ2n) is 6.84. The zero-order valence-corrected chi connectivity index (χ0v) is 13.1. The second kappa shape index (κ2) is 7.81. The van der Waals surface area contributed by atoms with Crippen LogP contribution in [0.4, 0.5) is 0 Å². The van der Waals surface area contributed by atoms with E-state index in [1.54, 1.807) is 0 Å². The van der Waals surface area contributed by atoms with Crippen LogP contribution in [-0.4, -0.2) is 23.0 Å². The standard InChI is InChI=1S/C17H29NO3/c1-2-3-7-15(12-5-4-6-12)18-16(19)13-8-10-14(11-9-13)17(20)21/h12-15H,2-11H2,1H3,(H,18,19)(H,20,21). The number of hydrogen-bond acceptors (Lipinski definition) is 2. The summed E-state index contributed by atoms with van der Waals surface area (Å²) in [7, 11) is 0. The maximum Gasteiger partial charge on any atom is 0.306 e. The van der Waals surface area contributed by atoms with Crippen LogP contribution in [0.3, 0.4) is 0 Å². The average Bonchev–Trinajstić information content (AvgIpc) is 2.42. The van der Waals surface area contributed by atoms with Crippen molar-refractivity contribution in [1.82, 2.24) is 5.32 Å². The Labute approximate surface area is 127 Å². The molecule has 4 heteroatoms. The molecule has 0 aliphatic heterocycles. The summed E-state index contributed by atoms with van der Waals surface area (Å²) in [6.45, 7) is 2.19. The number of hydrogen-bond donors (Lipinski definition) is 2. The Hall–Kier alpha value is -1.06. The van der Waals surface area contributed by atoms with E-state index in [1.807, 2.05) is 0 Å². The number of unbranched alkanes of at least 4 members (excludes halogenated alkanes) is 1. The van der Waals surface area contributed by atoms with E-state index in [2.05, 4.69) is 12.2 Å². The number of nitrogens with one attached hydrogen (secondary N) is 1. The lowest BCUT2D eigenvalue weighted by Crippen LogP contribution is -2.46. The Morgan fingerprint density at radius 2 is 1.71 bits per heavy atom. The van der Waals surface area contributed by atoms with E-state index < -0.39 is 5.97 Å². The summed E-state index contributed by atoms with van der Waals surface area (Å²) in [5, 5.41) is 12.3. The first-order valence-electron chi connectivity index (χ1n) is 8.65. The second-order valence-corrected chi connectivity index (χ2v) is 6.84. The lowest BCUT2D eigenvalue weighted by molar-refractivity contribution is -0.144. The fraction of sp³-hybridized carbons (Fsp3) is 0.882. The topological polar surface area (TPSA) is 66.4 Å². The molecule has 0 aromatic rings. The molecule has 1 amide bonds. The number of carbonyl (C=O) groups excluding carboxylic acids is 1. The van der Waals surface area contributed by atoms with Crippen molar-refractivity contribution in [3.05, 3.63) is 0 Å². The van der Waals surface area contributed by atoms with Gasteiger partial charge in [-0.15, -0.1) is 0 Å². The van der Waals surface area contributed by atoms with Gasteiger partial charge in [0.2, 0.25) is 5.91 Å². The van der Waals surface area contributed by atoms with Crippen molar-refractivity contribution < 1.29 is 14.7 Å². The molecule has 0 spiro atoms. The van der Waals surface area contributed by atoms with E-state index in [4.69, 9.17) is 5.11 Å². The van der Waals surface area contributed by atoms with Crippen LogP contribution in [0.2, 0.25) is 0 Å². The van der Waals surface area contributed by atoms with Gasteiger partial charge in [-0.2, -0.15) is 0 Å². The average molecular weight is 295 g/mol. The van der Waals surface area contributed by atoms with E-state index in [0.29, 0.717) is 24.8 Å². The SMILES string of the molecule is CCCCC(NC(=O)C1CCC(C(=O)O)CC1)C1CCC1. The molecule has 1 unspecified atom stereocenters. The molecule has 2 fully saturated rings. The van der Waals surface area contributed by atoms with Crippen LogP contribution in [0.25, 0.3) is 0 Å². The van der Waals surface area contributed by atoms with Gasteiger partial charge in [-0.05, 0) is 50.9 Å². The van der Waals surface area contributed by atoms with Crippen LogP contribution in [0.1, 0.15) is 71.1 Å². The third-order valence-corrected chi connectivity index (χ3v) is 5.36. The first kappa shape index (κ1) is 16.3. The van der Waals surface area contributed by atoms with E-state index in [0.717, 1.165) is 19.3 Å². The largest absolute Gasteiger partial charge is 0.481 e. The zero-order valence-electron chi connectivity index (χ0n) is 13.1. The summed E-state index contributed by atoms with van der Waals surface area (Å²) in [5.41, 5.74) is 0. The molecule has 2 N–H and O–H groups in total. The molecule has 4 nitrogen and oxygen atoms in total. The van der Waals surface area contributed by atoms with Crippen molar-refractivity contribution in [3.63, 3.8) is 0 Å². The van der Waals surface area contributed by atoms with Gasteiger partial charge < -0.3 is 10.4 Å². The van der Waals surface area contributed by atoms with Gasteiger partial charge in [0.05, 0.1) is 5.92 Å². The Kier molecular flexibility index (Phi) is 6.07. The van der Waals surface area contributed by atoms with Crippen LogP contribution in [-0.2, 0) is 9.59 Å². The minimum Gasteiger partial charge on any atom is -0.481 e. The predicted octanol–water partition coefficient (Wildman–Crippen LogP) is 3.35. The maximum atomic E-state index is 12.4. The van der Waals surface area contributed by atoms with Gasteiger partial charge in [0.1, 0.15) is 0 Å². The number of carboxylic acid groups (broad SMARTS) is 1. The molecular weight excluding hydrogens is 266 g/mol. The van der Waals surface area contributed by atoms with Crippen molar-refractivity contribution >= 4 is 11.9 Å². The zero-order chi connectivity index (χ0) is 15.2. The summed E-state index contributed by atoms with van der Waals surface area (Å²) in [4.78, 5) is 23.4. The van der Waals surface area contributed by atoms with E-state index in [1.165, 1.54) is 32.1 Å². The number of carbonyl (C=O) groups is 2. The molecule has 0 radical (unpaired) electrons. The molecule has 0 saturated heterocycles. The van der Waals surface area contributed by atoms with Gasteiger partial charge in [-0.1, -0.05) is 26.2 Å². The highest BCUT2D eigenvalue weighted by Gasteiger charge is 2.33. The van der Waals surface area contributed by atoms with Crippen molar-refractivity contribution in [2.75, 3.05) is 0 Å². The van der Waals surface area contributed by atoms with Crippen LogP contribution in [0, 0.1) is 17.8 Å². The highest BCUT2D eigenvalue weighted by Crippen LogP contribution is 2.33. The Bertz CT molecular complexity index is 357. The fourth-order valence-corrected chi connectivity index (χ4v) is 3.60. The minimum absolute atomic E-state index is 0.0322. The molecule has 1 atom stereocenters. The van der Waals surface area contributed by atoms with Crippen LogP contribution in [0.5, 0.6) is 0 Å². The summed E-state index contributed by atoms with van der Waals surface area (Å²) in [6, 6.07) is 0.350. The highest BCUT2D eigenvalue weighted by atomic mass is 16.4. The normalized spacial score (nSPS) is 27.7. The maximum absolute atomic E-state index is 12.4. The van der Waals surface area contributed by atoms with Gasteiger partial charge in [0.25, 0.3) is 0 Å². The molecule has 0 aromatic carbocycles. The summed E-state index contributed by atoms with van der Waals surface area (Å²) >= 11 is 0. The van der Waals surface area contributed by atoms with E-state index in [-0.39, 0.29) is 17.7 Å². The van der Waals surface area contributed by atoms with Crippen LogP contribution >= 0.6 is 0 Å². The number of carboxylic acids is 1. The molecule has 21 heavy (non-hydrogen) atoms. The quantitative estimate of drug-likeness (QED) is 0.757. The third kappa shape index (κ3) is 4.45. The highest BCUT2D eigenvalue weighted by molar-refractivity contribution is 5.79. The van der Waals surface area contributed by atoms with Crippen molar-refractivity contribution in [3.8, 4) is 0 Å². The van der Waals surface area contributed by atoms with Crippen molar-refractivity contribution in [2.24, 2.45) is 17.8 Å². The Morgan fingerprint density at radius 3 is 2.19 bits per heavy atom. The first-order chi connectivity index (χ1) is 10.1. The molecule has 0 aromatic heterocycles. The van der Waals surface area contributed by atoms with E-state index in [9.17, 15) is 9.59 Å². The molecule has 0 heterocycles. The van der Waals surface area contributed by atoms with Gasteiger partial charge in [-0.25, -0.2) is 0 Å². The smallest absolute Gasteiger partial charge is 0.306 e. The van der Waals surface area contributed by atoms with Crippen molar-refractivity contribution in [2.45, 2.75) is 77.2 Å². The molecule has 120 valence electrons. The van der Waals surface area contributed by atoms with Crippen molar-refractivity contribution in [1.29, 1.82) is 0 Å². The van der Waals surface area contributed by atoms with Crippen LogP contribution in [0.15, 0.2) is 0 Å². The minimum atomic E-state index is -0.704. The third-order valence-electron chi connectivity index (χ3n) is 5.36. The molecule has 2 aliphatic rings. The Morgan fingerprint density at radius 1 is 1.10 bits per heavy atom. The van der Waals surface area contributed by atoms with Gasteiger partial charge in [0.15, 0.2) is 0 Å². The summed E-state index contributed by atoms with van der Waals surface area (Å²) in [6.07, 6.45) is 10.00. The molecule has 2 rings (SSSR count). The number of aliphatic carboxylic acids is 1. The first-order valence-corrected chi connectivity index (χ1v) is 8.65. The van der Waals surface area contributed by atoms with Gasteiger partial charge >= 0.3 is 5.97 Å². The molecule has 2 aliphatic carbocycles. The monoisotopic (exact) mass is 295 g/mol. The Balaban J connectivity index is 1.80. The lowest BCUT2D eigenvalue weighted by Gasteiger charge is -2.36. The summed E-state index contributed by atoms with van der Waals surface area (Å²) in [5.74, 6) is -0.0618. The molecule has 2 saturated carbocycles.